The maximum Gasteiger partial charge on any atom is 0.206 e. The third kappa shape index (κ3) is 1.27. The molecule has 0 spiro atoms. The first-order valence-electron chi connectivity index (χ1n) is 2.82. The molecule has 3 N–H and O–H groups in total. The van der Waals surface area contributed by atoms with E-state index in [1.54, 1.807) is 7.05 Å². The average Bonchev–Trinajstić information content (AvgIpc) is 2.32. The molecule has 1 heterocycles. The minimum absolute atomic E-state index is 0.0561. The van der Waals surface area contributed by atoms with E-state index < -0.39 is 0 Å². The molecule has 6 heteroatoms. The number of nitrogens with zero attached hydrogens (tertiary/aromatic N) is 3. The minimum Gasteiger partial charge on any atom is -0.409 e. The van der Waals surface area contributed by atoms with Gasteiger partial charge in [-0.2, -0.15) is 0 Å². The molecule has 11 heavy (non-hydrogen) atoms. The second kappa shape index (κ2) is 2.79. The molecule has 0 amide bonds. The van der Waals surface area contributed by atoms with Crippen LogP contribution in [-0.2, 0) is 7.05 Å². The van der Waals surface area contributed by atoms with Gasteiger partial charge < -0.3 is 15.5 Å². The normalized spacial score (nSPS) is 12.0. The van der Waals surface area contributed by atoms with Gasteiger partial charge in [-0.05, 0) is 0 Å². The zero-order valence-corrected chi connectivity index (χ0v) is 6.58. The molecule has 1 aromatic rings. The van der Waals surface area contributed by atoms with Crippen LogP contribution in [-0.4, -0.2) is 20.6 Å². The quantitative estimate of drug-likeness (QED) is 0.276. The van der Waals surface area contributed by atoms with Crippen LogP contribution in [0.25, 0.3) is 0 Å². The number of aromatic nitrogens is 2. The standard InChI is InChI=1S/C5H7ClN4O/c1-10-3(6)2-8-5(10)4(7)9-11/h2,11H,1H3,(H2,7,9). The van der Waals surface area contributed by atoms with E-state index in [4.69, 9.17) is 22.5 Å². The lowest BCUT2D eigenvalue weighted by atomic mass is 10.5. The predicted molar refractivity (Wildman–Crippen MR) is 40.7 cm³/mol. The van der Waals surface area contributed by atoms with Gasteiger partial charge in [-0.3, -0.25) is 0 Å². The van der Waals surface area contributed by atoms with Crippen LogP contribution in [0.1, 0.15) is 5.82 Å². The summed E-state index contributed by atoms with van der Waals surface area (Å²) in [4.78, 5) is 3.80. The summed E-state index contributed by atoms with van der Waals surface area (Å²) >= 11 is 5.64. The van der Waals surface area contributed by atoms with Crippen molar-refractivity contribution in [2.75, 3.05) is 0 Å². The highest BCUT2D eigenvalue weighted by atomic mass is 35.5. The highest BCUT2D eigenvalue weighted by Crippen LogP contribution is 2.07. The molecule has 1 rings (SSSR count). The summed E-state index contributed by atoms with van der Waals surface area (Å²) in [6, 6.07) is 0. The molecule has 0 bridgehead atoms. The van der Waals surface area contributed by atoms with Crippen LogP contribution in [0.2, 0.25) is 5.15 Å². The van der Waals surface area contributed by atoms with Gasteiger partial charge in [-0.15, -0.1) is 0 Å². The lowest BCUT2D eigenvalue weighted by Crippen LogP contribution is -2.18. The molecule has 0 aromatic carbocycles. The van der Waals surface area contributed by atoms with Crippen molar-refractivity contribution in [2.24, 2.45) is 17.9 Å². The summed E-state index contributed by atoms with van der Waals surface area (Å²) in [5.41, 5.74) is 5.27. The van der Waals surface area contributed by atoms with Crippen molar-refractivity contribution in [2.45, 2.75) is 0 Å². The van der Waals surface area contributed by atoms with Crippen molar-refractivity contribution in [3.05, 3.63) is 17.2 Å². The third-order valence-corrected chi connectivity index (χ3v) is 1.62. The zero-order chi connectivity index (χ0) is 8.43. The van der Waals surface area contributed by atoms with Crippen LogP contribution >= 0.6 is 11.6 Å². The van der Waals surface area contributed by atoms with Crippen molar-refractivity contribution in [1.82, 2.24) is 9.55 Å². The SMILES string of the molecule is Cn1c(Cl)cnc1/C(N)=N/O. The molecule has 0 saturated carbocycles. The third-order valence-electron chi connectivity index (χ3n) is 1.27. The molecule has 0 aliphatic carbocycles. The molecule has 0 aliphatic heterocycles. The number of nitrogens with two attached hydrogens (primary N) is 1. The van der Waals surface area contributed by atoms with Gasteiger partial charge >= 0.3 is 0 Å². The summed E-state index contributed by atoms with van der Waals surface area (Å²) in [6.45, 7) is 0. The Morgan fingerprint density at radius 3 is 2.91 bits per heavy atom. The van der Waals surface area contributed by atoms with Crippen molar-refractivity contribution in [3.8, 4) is 0 Å². The van der Waals surface area contributed by atoms with E-state index in [0.717, 1.165) is 0 Å². The topological polar surface area (TPSA) is 76.4 Å². The molecule has 0 aliphatic rings. The maximum atomic E-state index is 8.29. The van der Waals surface area contributed by atoms with Gasteiger partial charge in [0.1, 0.15) is 5.15 Å². The largest absolute Gasteiger partial charge is 0.409 e. The van der Waals surface area contributed by atoms with Crippen LogP contribution in [0.4, 0.5) is 0 Å². The molecule has 0 fully saturated rings. The Kier molecular flexibility index (Phi) is 2.00. The number of rotatable bonds is 1. The van der Waals surface area contributed by atoms with Crippen LogP contribution in [0.5, 0.6) is 0 Å². The predicted octanol–water partition coefficient (Wildman–Crippen LogP) is 0.168. The van der Waals surface area contributed by atoms with Gasteiger partial charge in [0, 0.05) is 7.05 Å². The lowest BCUT2D eigenvalue weighted by molar-refractivity contribution is 0.318. The van der Waals surface area contributed by atoms with Crippen LogP contribution in [0.3, 0.4) is 0 Å². The first kappa shape index (κ1) is 7.87. The maximum absolute atomic E-state index is 8.29. The van der Waals surface area contributed by atoms with Crippen molar-refractivity contribution < 1.29 is 5.21 Å². The Bertz CT molecular complexity index is 293. The van der Waals surface area contributed by atoms with E-state index in [1.807, 2.05) is 0 Å². The van der Waals surface area contributed by atoms with Crippen molar-refractivity contribution >= 4 is 17.4 Å². The summed E-state index contributed by atoms with van der Waals surface area (Å²) < 4.78 is 1.51. The summed E-state index contributed by atoms with van der Waals surface area (Å²) in [5, 5.41) is 11.5. The molecular weight excluding hydrogens is 168 g/mol. The van der Waals surface area contributed by atoms with Crippen LogP contribution in [0.15, 0.2) is 11.4 Å². The van der Waals surface area contributed by atoms with Crippen molar-refractivity contribution in [3.63, 3.8) is 0 Å². The average molecular weight is 175 g/mol. The van der Waals surface area contributed by atoms with Gasteiger partial charge in [-0.25, -0.2) is 4.98 Å². The molecule has 60 valence electrons. The Balaban J connectivity index is 3.15. The monoisotopic (exact) mass is 174 g/mol. The summed E-state index contributed by atoms with van der Waals surface area (Å²) in [6.07, 6.45) is 1.43. The summed E-state index contributed by atoms with van der Waals surface area (Å²) in [7, 11) is 1.67. The molecule has 5 nitrogen and oxygen atoms in total. The fraction of sp³-hybridized carbons (Fsp3) is 0.200. The van der Waals surface area contributed by atoms with E-state index in [1.165, 1.54) is 10.8 Å². The lowest BCUT2D eigenvalue weighted by Gasteiger charge is -1.97. The Labute approximate surface area is 68.1 Å². The number of hydrogen-bond acceptors (Lipinski definition) is 3. The second-order valence-electron chi connectivity index (χ2n) is 1.95. The highest BCUT2D eigenvalue weighted by Gasteiger charge is 2.07. The molecular formula is C5H7ClN4O. The Morgan fingerprint density at radius 2 is 2.55 bits per heavy atom. The van der Waals surface area contributed by atoms with Gasteiger partial charge in [0.2, 0.25) is 5.84 Å². The van der Waals surface area contributed by atoms with Crippen LogP contribution < -0.4 is 5.73 Å². The van der Waals surface area contributed by atoms with Gasteiger partial charge in [0.05, 0.1) is 6.20 Å². The fourth-order valence-electron chi connectivity index (χ4n) is 0.671. The van der Waals surface area contributed by atoms with Gasteiger partial charge in [0.15, 0.2) is 5.82 Å². The second-order valence-corrected chi connectivity index (χ2v) is 2.34. The van der Waals surface area contributed by atoms with E-state index in [9.17, 15) is 0 Å². The first-order valence-corrected chi connectivity index (χ1v) is 3.19. The molecule has 0 atom stereocenters. The number of imidazole rings is 1. The van der Waals surface area contributed by atoms with E-state index >= 15 is 0 Å². The number of halogens is 1. The molecule has 0 unspecified atom stereocenters. The Morgan fingerprint density at radius 1 is 1.91 bits per heavy atom. The number of hydrogen-bond donors (Lipinski definition) is 2. The van der Waals surface area contributed by atoms with E-state index in [0.29, 0.717) is 11.0 Å². The molecule has 0 radical (unpaired) electrons. The Hall–Kier alpha value is -1.23. The highest BCUT2D eigenvalue weighted by molar-refractivity contribution is 6.29. The number of amidine groups is 1. The van der Waals surface area contributed by atoms with Crippen molar-refractivity contribution in [1.29, 1.82) is 0 Å². The fourth-order valence-corrected chi connectivity index (χ4v) is 0.800. The van der Waals surface area contributed by atoms with Gasteiger partial charge in [-0.1, -0.05) is 16.8 Å². The molecule has 1 aromatic heterocycles. The smallest absolute Gasteiger partial charge is 0.206 e. The van der Waals surface area contributed by atoms with Gasteiger partial charge in [0.25, 0.3) is 0 Å². The number of oxime groups is 1. The zero-order valence-electron chi connectivity index (χ0n) is 5.82. The first-order chi connectivity index (χ1) is 5.16. The van der Waals surface area contributed by atoms with Crippen LogP contribution in [0, 0.1) is 0 Å². The minimum atomic E-state index is -0.0561. The summed E-state index contributed by atoms with van der Waals surface area (Å²) in [5.74, 6) is 0.289. The van der Waals surface area contributed by atoms with E-state index in [-0.39, 0.29) is 5.84 Å². The van der Waals surface area contributed by atoms with E-state index in [2.05, 4.69) is 10.1 Å². The molecule has 0 saturated heterocycles.